The number of nitrogens with zero attached hydrogens (tertiary/aromatic N) is 1. The van der Waals surface area contributed by atoms with Crippen molar-refractivity contribution in [2.24, 2.45) is 5.92 Å². The fraction of sp³-hybridized carbons (Fsp3) is 1.00. The van der Waals surface area contributed by atoms with Gasteiger partial charge in [-0.15, -0.1) is 0 Å². The van der Waals surface area contributed by atoms with Gasteiger partial charge in [0.1, 0.15) is 0 Å². The molecule has 0 radical (unpaired) electrons. The molecule has 2 heteroatoms. The molecule has 0 aromatic rings. The molecule has 1 saturated carbocycles. The zero-order valence-electron chi connectivity index (χ0n) is 11.8. The monoisotopic (exact) mass is 226 g/mol. The Labute approximate surface area is 102 Å². The number of hydrogen-bond acceptors (Lipinski definition) is 2. The van der Waals surface area contributed by atoms with Crippen LogP contribution in [0.3, 0.4) is 0 Å². The Kier molecular flexibility index (Phi) is 5.77. The van der Waals surface area contributed by atoms with E-state index in [0.29, 0.717) is 6.04 Å². The van der Waals surface area contributed by atoms with Crippen LogP contribution in [0.25, 0.3) is 0 Å². The van der Waals surface area contributed by atoms with Gasteiger partial charge in [0.05, 0.1) is 0 Å². The standard InChI is InChI=1S/C14H30N2/c1-11(2)8-9-16(14-6-7-14)13(4)10-12(3)15-5/h11-15H,6-10H2,1-5H3. The van der Waals surface area contributed by atoms with Gasteiger partial charge in [0, 0.05) is 18.1 Å². The molecule has 2 unspecified atom stereocenters. The van der Waals surface area contributed by atoms with Crippen LogP contribution in [0.4, 0.5) is 0 Å². The minimum atomic E-state index is 0.635. The minimum Gasteiger partial charge on any atom is -0.317 e. The molecule has 0 aromatic heterocycles. The van der Waals surface area contributed by atoms with Gasteiger partial charge in [-0.1, -0.05) is 13.8 Å². The number of hydrogen-bond donors (Lipinski definition) is 1. The van der Waals surface area contributed by atoms with Crippen molar-refractivity contribution in [1.82, 2.24) is 10.2 Å². The van der Waals surface area contributed by atoms with E-state index in [4.69, 9.17) is 0 Å². The summed E-state index contributed by atoms with van der Waals surface area (Å²) >= 11 is 0. The van der Waals surface area contributed by atoms with Crippen LogP contribution in [0, 0.1) is 5.92 Å². The molecule has 2 nitrogen and oxygen atoms in total. The second kappa shape index (κ2) is 6.61. The summed E-state index contributed by atoms with van der Waals surface area (Å²) in [5.41, 5.74) is 0. The Bertz CT molecular complexity index is 187. The smallest absolute Gasteiger partial charge is 0.00992 e. The molecule has 1 rings (SSSR count). The van der Waals surface area contributed by atoms with Gasteiger partial charge in [-0.3, -0.25) is 4.90 Å². The molecule has 0 heterocycles. The molecular formula is C14H30N2. The van der Waals surface area contributed by atoms with Crippen molar-refractivity contribution in [3.63, 3.8) is 0 Å². The fourth-order valence-corrected chi connectivity index (χ4v) is 2.34. The lowest BCUT2D eigenvalue weighted by atomic mass is 10.1. The van der Waals surface area contributed by atoms with E-state index in [1.165, 1.54) is 32.2 Å². The molecule has 0 aromatic carbocycles. The molecule has 1 N–H and O–H groups in total. The lowest BCUT2D eigenvalue weighted by molar-refractivity contribution is 0.171. The summed E-state index contributed by atoms with van der Waals surface area (Å²) in [6.07, 6.45) is 5.46. The van der Waals surface area contributed by atoms with Gasteiger partial charge in [-0.25, -0.2) is 0 Å². The summed E-state index contributed by atoms with van der Waals surface area (Å²) in [4.78, 5) is 2.74. The summed E-state index contributed by atoms with van der Waals surface area (Å²) in [6.45, 7) is 10.6. The molecule has 2 atom stereocenters. The SMILES string of the molecule is CNC(C)CC(C)N(CCC(C)C)C1CC1. The Morgan fingerprint density at radius 2 is 1.81 bits per heavy atom. The third kappa shape index (κ3) is 4.84. The predicted molar refractivity (Wildman–Crippen MR) is 71.8 cm³/mol. The van der Waals surface area contributed by atoms with Crippen molar-refractivity contribution in [3.8, 4) is 0 Å². The first-order valence-electron chi connectivity index (χ1n) is 6.97. The summed E-state index contributed by atoms with van der Waals surface area (Å²) in [5.74, 6) is 0.829. The summed E-state index contributed by atoms with van der Waals surface area (Å²) in [7, 11) is 2.06. The van der Waals surface area contributed by atoms with Crippen molar-refractivity contribution in [1.29, 1.82) is 0 Å². The second-order valence-electron chi connectivity index (χ2n) is 5.93. The maximum atomic E-state index is 3.35. The predicted octanol–water partition coefficient (Wildman–Crippen LogP) is 2.88. The van der Waals surface area contributed by atoms with E-state index in [2.05, 4.69) is 45.0 Å². The lowest BCUT2D eigenvalue weighted by Crippen LogP contribution is -2.40. The van der Waals surface area contributed by atoms with Gasteiger partial charge in [-0.2, -0.15) is 0 Å². The van der Waals surface area contributed by atoms with Crippen molar-refractivity contribution >= 4 is 0 Å². The van der Waals surface area contributed by atoms with Crippen LogP contribution >= 0.6 is 0 Å². The zero-order chi connectivity index (χ0) is 12.1. The second-order valence-corrected chi connectivity index (χ2v) is 5.93. The van der Waals surface area contributed by atoms with Crippen molar-refractivity contribution in [2.45, 2.75) is 71.5 Å². The van der Waals surface area contributed by atoms with Crippen molar-refractivity contribution < 1.29 is 0 Å². The number of rotatable bonds is 8. The van der Waals surface area contributed by atoms with Crippen molar-refractivity contribution in [3.05, 3.63) is 0 Å². The molecule has 1 aliphatic rings. The summed E-state index contributed by atoms with van der Waals surface area (Å²) in [6, 6.07) is 2.27. The Hall–Kier alpha value is -0.0800. The van der Waals surface area contributed by atoms with E-state index in [0.717, 1.165) is 18.0 Å². The maximum absolute atomic E-state index is 3.35. The van der Waals surface area contributed by atoms with Crippen LogP contribution < -0.4 is 5.32 Å². The van der Waals surface area contributed by atoms with Gasteiger partial charge in [-0.05, 0) is 59.0 Å². The maximum Gasteiger partial charge on any atom is 0.00992 e. The van der Waals surface area contributed by atoms with Crippen LogP contribution in [0.2, 0.25) is 0 Å². The van der Waals surface area contributed by atoms with Gasteiger partial charge < -0.3 is 5.32 Å². The Balaban J connectivity index is 2.36. The van der Waals surface area contributed by atoms with Crippen LogP contribution in [-0.4, -0.2) is 36.6 Å². The third-order valence-corrected chi connectivity index (χ3v) is 3.73. The third-order valence-electron chi connectivity index (χ3n) is 3.73. The molecule has 0 saturated heterocycles. The van der Waals surface area contributed by atoms with E-state index in [9.17, 15) is 0 Å². The van der Waals surface area contributed by atoms with Crippen molar-refractivity contribution in [2.75, 3.05) is 13.6 Å². The first kappa shape index (κ1) is 14.0. The molecule has 0 aliphatic heterocycles. The molecule has 1 fully saturated rings. The highest BCUT2D eigenvalue weighted by atomic mass is 15.2. The molecule has 0 spiro atoms. The largest absolute Gasteiger partial charge is 0.317 e. The molecule has 96 valence electrons. The highest BCUT2D eigenvalue weighted by molar-refractivity contribution is 4.88. The molecule has 0 bridgehead atoms. The van der Waals surface area contributed by atoms with Gasteiger partial charge in [0.25, 0.3) is 0 Å². The van der Waals surface area contributed by atoms with Crippen LogP contribution in [-0.2, 0) is 0 Å². The van der Waals surface area contributed by atoms with Crippen LogP contribution in [0.1, 0.15) is 53.4 Å². The minimum absolute atomic E-state index is 0.635. The van der Waals surface area contributed by atoms with E-state index in [1.807, 2.05) is 0 Å². The summed E-state index contributed by atoms with van der Waals surface area (Å²) in [5, 5.41) is 3.35. The van der Waals surface area contributed by atoms with E-state index in [-0.39, 0.29) is 0 Å². The normalized spacial score (nSPS) is 20.4. The average molecular weight is 226 g/mol. The Morgan fingerprint density at radius 1 is 1.19 bits per heavy atom. The molecule has 16 heavy (non-hydrogen) atoms. The topological polar surface area (TPSA) is 15.3 Å². The molecular weight excluding hydrogens is 196 g/mol. The first-order chi connectivity index (χ1) is 7.54. The van der Waals surface area contributed by atoms with E-state index in [1.54, 1.807) is 0 Å². The van der Waals surface area contributed by atoms with Crippen LogP contribution in [0.15, 0.2) is 0 Å². The lowest BCUT2D eigenvalue weighted by Gasteiger charge is -2.31. The average Bonchev–Trinajstić information content (AvgIpc) is 3.01. The first-order valence-corrected chi connectivity index (χ1v) is 6.97. The highest BCUT2D eigenvalue weighted by Crippen LogP contribution is 2.30. The Morgan fingerprint density at radius 3 is 2.25 bits per heavy atom. The van der Waals surface area contributed by atoms with Gasteiger partial charge >= 0.3 is 0 Å². The van der Waals surface area contributed by atoms with Crippen LogP contribution in [0.5, 0.6) is 0 Å². The summed E-state index contributed by atoms with van der Waals surface area (Å²) < 4.78 is 0. The molecule has 0 amide bonds. The van der Waals surface area contributed by atoms with Gasteiger partial charge in [0.2, 0.25) is 0 Å². The number of nitrogens with one attached hydrogen (secondary N) is 1. The molecule has 1 aliphatic carbocycles. The quantitative estimate of drug-likeness (QED) is 0.684. The fourth-order valence-electron chi connectivity index (χ4n) is 2.34. The van der Waals surface area contributed by atoms with Gasteiger partial charge in [0.15, 0.2) is 0 Å². The van der Waals surface area contributed by atoms with E-state index >= 15 is 0 Å². The highest BCUT2D eigenvalue weighted by Gasteiger charge is 2.32. The zero-order valence-corrected chi connectivity index (χ0v) is 11.8. The van der Waals surface area contributed by atoms with E-state index < -0.39 is 0 Å².